The predicted octanol–water partition coefficient (Wildman–Crippen LogP) is 3.44. The molecule has 0 atom stereocenters. The zero-order valence-electron chi connectivity index (χ0n) is 15.0. The third-order valence-corrected chi connectivity index (χ3v) is 3.60. The Morgan fingerprint density at radius 3 is 2.63 bits per heavy atom. The summed E-state index contributed by atoms with van der Waals surface area (Å²) in [5.41, 5.74) is 1.03. The Morgan fingerprint density at radius 1 is 1.33 bits per heavy atom. The number of nitrogens with one attached hydrogen (secondary N) is 3. The maximum atomic E-state index is 12.2. The minimum Gasteiger partial charge on any atom is -0.460 e. The molecule has 1 amide bonds. The SMILES string of the molecule is CCOC(=O)Nc1c(C(=O)OCC)oc2cc(Cl)c(/C(C=N)=C/NC)nc12. The van der Waals surface area contributed by atoms with E-state index in [4.69, 9.17) is 30.9 Å². The van der Waals surface area contributed by atoms with Crippen molar-refractivity contribution in [3.05, 3.63) is 28.7 Å². The molecule has 0 unspecified atom stereocenters. The average molecular weight is 395 g/mol. The molecule has 2 aromatic heterocycles. The first-order chi connectivity index (χ1) is 13.0. The minimum atomic E-state index is -0.776. The summed E-state index contributed by atoms with van der Waals surface area (Å²) in [4.78, 5) is 28.5. The maximum absolute atomic E-state index is 12.2. The van der Waals surface area contributed by atoms with Crippen LogP contribution < -0.4 is 10.6 Å². The van der Waals surface area contributed by atoms with Gasteiger partial charge in [-0.05, 0) is 13.8 Å². The van der Waals surface area contributed by atoms with E-state index >= 15 is 0 Å². The number of carbonyl (C=O) groups is 2. The molecule has 0 aliphatic heterocycles. The number of carbonyl (C=O) groups excluding carboxylic acids is 2. The van der Waals surface area contributed by atoms with Crippen LogP contribution in [-0.2, 0) is 9.47 Å². The minimum absolute atomic E-state index is 0.00797. The number of anilines is 1. The number of aromatic nitrogens is 1. The van der Waals surface area contributed by atoms with E-state index in [0.717, 1.165) is 6.21 Å². The molecule has 0 radical (unpaired) electrons. The highest BCUT2D eigenvalue weighted by Crippen LogP contribution is 2.34. The van der Waals surface area contributed by atoms with Gasteiger partial charge in [-0.25, -0.2) is 14.6 Å². The lowest BCUT2D eigenvalue weighted by Crippen LogP contribution is -2.16. The van der Waals surface area contributed by atoms with Crippen molar-refractivity contribution in [3.8, 4) is 0 Å². The van der Waals surface area contributed by atoms with Crippen molar-refractivity contribution in [3.63, 3.8) is 0 Å². The molecule has 2 aromatic rings. The number of allylic oxidation sites excluding steroid dienone is 1. The summed E-state index contributed by atoms with van der Waals surface area (Å²) in [6, 6.07) is 1.45. The van der Waals surface area contributed by atoms with Crippen molar-refractivity contribution in [1.29, 1.82) is 5.41 Å². The molecule has 0 aliphatic carbocycles. The van der Waals surface area contributed by atoms with E-state index in [9.17, 15) is 9.59 Å². The Kier molecular flexibility index (Phi) is 6.78. The van der Waals surface area contributed by atoms with Gasteiger partial charge in [0.1, 0.15) is 11.2 Å². The summed E-state index contributed by atoms with van der Waals surface area (Å²) in [5, 5.41) is 13.0. The molecule has 10 heteroatoms. The summed E-state index contributed by atoms with van der Waals surface area (Å²) >= 11 is 6.25. The van der Waals surface area contributed by atoms with E-state index in [1.54, 1.807) is 20.9 Å². The zero-order valence-corrected chi connectivity index (χ0v) is 15.8. The van der Waals surface area contributed by atoms with E-state index in [2.05, 4.69) is 15.6 Å². The van der Waals surface area contributed by atoms with Crippen LogP contribution in [0.15, 0.2) is 16.7 Å². The first kappa shape index (κ1) is 20.2. The van der Waals surface area contributed by atoms with Crippen LogP contribution in [-0.4, -0.2) is 43.5 Å². The number of rotatable bonds is 7. The van der Waals surface area contributed by atoms with Crippen molar-refractivity contribution in [2.24, 2.45) is 0 Å². The molecule has 0 fully saturated rings. The Morgan fingerprint density at radius 2 is 2.04 bits per heavy atom. The lowest BCUT2D eigenvalue weighted by Gasteiger charge is -2.07. The number of furan rings is 1. The normalized spacial score (nSPS) is 11.2. The van der Waals surface area contributed by atoms with Crippen LogP contribution in [0.4, 0.5) is 10.5 Å². The first-order valence-electron chi connectivity index (χ1n) is 8.08. The highest BCUT2D eigenvalue weighted by molar-refractivity contribution is 6.34. The van der Waals surface area contributed by atoms with Crippen LogP contribution in [0, 0.1) is 5.41 Å². The number of hydrogen-bond donors (Lipinski definition) is 3. The molecule has 0 spiro atoms. The van der Waals surface area contributed by atoms with Crippen LogP contribution in [0.2, 0.25) is 5.02 Å². The number of hydrogen-bond acceptors (Lipinski definition) is 8. The van der Waals surface area contributed by atoms with Gasteiger partial charge in [-0.2, -0.15) is 0 Å². The molecule has 144 valence electrons. The second kappa shape index (κ2) is 9.04. The predicted molar refractivity (Wildman–Crippen MR) is 101 cm³/mol. The average Bonchev–Trinajstić information content (AvgIpc) is 2.97. The van der Waals surface area contributed by atoms with Crippen molar-refractivity contribution >= 4 is 52.2 Å². The quantitative estimate of drug-likeness (QED) is 0.485. The fourth-order valence-corrected chi connectivity index (χ4v) is 2.51. The van der Waals surface area contributed by atoms with E-state index < -0.39 is 12.1 Å². The van der Waals surface area contributed by atoms with Crippen molar-refractivity contribution in [1.82, 2.24) is 10.3 Å². The van der Waals surface area contributed by atoms with Gasteiger partial charge >= 0.3 is 12.1 Å². The maximum Gasteiger partial charge on any atom is 0.411 e. The van der Waals surface area contributed by atoms with E-state index in [0.29, 0.717) is 5.57 Å². The Balaban J connectivity index is 2.69. The molecule has 0 saturated heterocycles. The van der Waals surface area contributed by atoms with Crippen LogP contribution in [0.3, 0.4) is 0 Å². The number of fused-ring (bicyclic) bond motifs is 1. The van der Waals surface area contributed by atoms with Gasteiger partial charge in [0.05, 0.1) is 23.9 Å². The van der Waals surface area contributed by atoms with Crippen LogP contribution in [0.1, 0.15) is 30.1 Å². The van der Waals surface area contributed by atoms with Crippen LogP contribution >= 0.6 is 11.6 Å². The Hall–Kier alpha value is -3.07. The fraction of sp³-hybridized carbons (Fsp3) is 0.294. The number of esters is 1. The van der Waals surface area contributed by atoms with Gasteiger partial charge in [-0.3, -0.25) is 5.32 Å². The molecule has 2 rings (SSSR count). The summed E-state index contributed by atoms with van der Waals surface area (Å²) < 4.78 is 15.3. The second-order valence-electron chi connectivity index (χ2n) is 5.07. The number of amides is 1. The molecule has 0 aromatic carbocycles. The Bertz CT molecular complexity index is 906. The molecule has 0 saturated carbocycles. The molecular weight excluding hydrogens is 376 g/mol. The number of ether oxygens (including phenoxy) is 2. The van der Waals surface area contributed by atoms with Gasteiger partial charge in [-0.15, -0.1) is 0 Å². The van der Waals surface area contributed by atoms with Crippen molar-refractivity contribution < 1.29 is 23.5 Å². The van der Waals surface area contributed by atoms with Crippen LogP contribution in [0.5, 0.6) is 0 Å². The standard InChI is InChI=1S/C17H19ClN4O5/c1-4-25-16(23)15-14(22-17(24)26-5-2)13-11(27-15)6-10(18)12(21-13)9(7-19)8-20-3/h6-8,19-20H,4-5H2,1-3H3,(H,22,24)/b9-8+,19-7?. The molecule has 0 bridgehead atoms. The summed E-state index contributed by atoms with van der Waals surface area (Å²) in [5.74, 6) is -0.993. The topological polar surface area (TPSA) is 127 Å². The summed E-state index contributed by atoms with van der Waals surface area (Å²) in [6.07, 6.45) is 1.83. The largest absolute Gasteiger partial charge is 0.460 e. The lowest BCUT2D eigenvalue weighted by molar-refractivity contribution is 0.0494. The van der Waals surface area contributed by atoms with E-state index in [1.165, 1.54) is 12.3 Å². The van der Waals surface area contributed by atoms with E-state index in [-0.39, 0.29) is 46.5 Å². The third-order valence-electron chi connectivity index (χ3n) is 3.31. The smallest absolute Gasteiger partial charge is 0.411 e. The number of halogens is 1. The molecular formula is C17H19ClN4O5. The fourth-order valence-electron chi connectivity index (χ4n) is 2.26. The van der Waals surface area contributed by atoms with Gasteiger partial charge in [0, 0.05) is 31.1 Å². The monoisotopic (exact) mass is 394 g/mol. The van der Waals surface area contributed by atoms with Crippen molar-refractivity contribution in [2.45, 2.75) is 13.8 Å². The van der Waals surface area contributed by atoms with Crippen molar-refractivity contribution in [2.75, 3.05) is 25.6 Å². The van der Waals surface area contributed by atoms with Gasteiger partial charge in [0.25, 0.3) is 0 Å². The molecule has 0 aliphatic rings. The summed E-state index contributed by atoms with van der Waals surface area (Å²) in [7, 11) is 1.67. The van der Waals surface area contributed by atoms with E-state index in [1.807, 2.05) is 0 Å². The molecule has 3 N–H and O–H groups in total. The van der Waals surface area contributed by atoms with Crippen LogP contribution in [0.25, 0.3) is 16.7 Å². The first-order valence-corrected chi connectivity index (χ1v) is 8.46. The molecule has 2 heterocycles. The number of nitrogens with zero attached hydrogens (tertiary/aromatic N) is 1. The molecule has 9 nitrogen and oxygen atoms in total. The highest BCUT2D eigenvalue weighted by atomic mass is 35.5. The lowest BCUT2D eigenvalue weighted by atomic mass is 10.2. The summed E-state index contributed by atoms with van der Waals surface area (Å²) in [6.45, 7) is 3.56. The third kappa shape index (κ3) is 4.37. The van der Waals surface area contributed by atoms with Gasteiger partial charge in [-0.1, -0.05) is 11.6 Å². The Labute approximate surface area is 160 Å². The zero-order chi connectivity index (χ0) is 20.0. The second-order valence-corrected chi connectivity index (χ2v) is 5.48. The van der Waals surface area contributed by atoms with Gasteiger partial charge < -0.3 is 24.6 Å². The number of pyridine rings is 1. The highest BCUT2D eigenvalue weighted by Gasteiger charge is 2.26. The van der Waals surface area contributed by atoms with Gasteiger partial charge in [0.2, 0.25) is 5.76 Å². The van der Waals surface area contributed by atoms with Gasteiger partial charge in [0.15, 0.2) is 5.58 Å². The molecule has 27 heavy (non-hydrogen) atoms.